The highest BCUT2D eigenvalue weighted by Gasteiger charge is 2.18. The summed E-state index contributed by atoms with van der Waals surface area (Å²) >= 11 is 5.73. The molecule has 68 valence electrons. The van der Waals surface area contributed by atoms with Crippen molar-refractivity contribution in [3.8, 4) is 0 Å². The minimum absolute atomic E-state index is 0.113. The Morgan fingerprint density at radius 2 is 2.08 bits per heavy atom. The molecule has 3 heteroatoms. The summed E-state index contributed by atoms with van der Waals surface area (Å²) in [5, 5.41) is 4.38. The van der Waals surface area contributed by atoms with Crippen molar-refractivity contribution in [1.29, 1.82) is 0 Å². The van der Waals surface area contributed by atoms with E-state index >= 15 is 0 Å². The van der Waals surface area contributed by atoms with E-state index in [2.05, 4.69) is 31.9 Å². The van der Waals surface area contributed by atoms with Gasteiger partial charge in [0.25, 0.3) is 0 Å². The van der Waals surface area contributed by atoms with Crippen molar-refractivity contribution in [1.82, 2.24) is 9.78 Å². The molecule has 0 atom stereocenters. The van der Waals surface area contributed by atoms with Crippen molar-refractivity contribution in [3.63, 3.8) is 0 Å². The third-order valence-corrected chi connectivity index (χ3v) is 2.16. The molecule has 0 aliphatic carbocycles. The lowest BCUT2D eigenvalue weighted by Crippen LogP contribution is -2.12. The van der Waals surface area contributed by atoms with Crippen molar-refractivity contribution in [3.05, 3.63) is 17.5 Å². The predicted octanol–water partition coefficient (Wildman–Crippen LogP) is 2.46. The largest absolute Gasteiger partial charge is 0.271 e. The van der Waals surface area contributed by atoms with Gasteiger partial charge in [-0.1, -0.05) is 20.8 Å². The Morgan fingerprint density at radius 1 is 1.50 bits per heavy atom. The Morgan fingerprint density at radius 3 is 2.33 bits per heavy atom. The fourth-order valence-electron chi connectivity index (χ4n) is 0.997. The second-order valence-corrected chi connectivity index (χ2v) is 4.30. The fraction of sp³-hybridized carbons (Fsp3) is 0.667. The summed E-state index contributed by atoms with van der Waals surface area (Å²) in [7, 11) is 1.92. The van der Waals surface area contributed by atoms with Gasteiger partial charge < -0.3 is 0 Å². The lowest BCUT2D eigenvalue weighted by Gasteiger charge is -2.13. The quantitative estimate of drug-likeness (QED) is 0.617. The van der Waals surface area contributed by atoms with Gasteiger partial charge >= 0.3 is 0 Å². The zero-order valence-corrected chi connectivity index (χ0v) is 8.81. The maximum atomic E-state index is 5.73. The normalized spacial score (nSPS) is 12.1. The summed E-state index contributed by atoms with van der Waals surface area (Å²) in [5.74, 6) is 0.527. The lowest BCUT2D eigenvalue weighted by atomic mass is 9.92. The van der Waals surface area contributed by atoms with Gasteiger partial charge in [-0.15, -0.1) is 11.6 Å². The first-order valence-corrected chi connectivity index (χ1v) is 4.58. The number of aryl methyl sites for hydroxylation is 1. The van der Waals surface area contributed by atoms with Crippen molar-refractivity contribution >= 4 is 11.6 Å². The molecule has 0 saturated heterocycles. The highest BCUT2D eigenvalue weighted by molar-refractivity contribution is 6.16. The maximum absolute atomic E-state index is 5.73. The van der Waals surface area contributed by atoms with Crippen molar-refractivity contribution < 1.29 is 0 Å². The van der Waals surface area contributed by atoms with Crippen LogP contribution in [0, 0.1) is 0 Å². The Labute approximate surface area is 78.5 Å². The SMILES string of the molecule is Cn1nc(C(C)(C)C)cc1CCl. The monoisotopic (exact) mass is 186 g/mol. The smallest absolute Gasteiger partial charge is 0.0681 e. The summed E-state index contributed by atoms with van der Waals surface area (Å²) in [4.78, 5) is 0. The Kier molecular flexibility index (Phi) is 2.47. The van der Waals surface area contributed by atoms with Gasteiger partial charge in [0.2, 0.25) is 0 Å². The van der Waals surface area contributed by atoms with E-state index in [9.17, 15) is 0 Å². The molecule has 0 amide bonds. The molecule has 0 fully saturated rings. The highest BCUT2D eigenvalue weighted by atomic mass is 35.5. The van der Waals surface area contributed by atoms with Gasteiger partial charge in [-0.2, -0.15) is 5.10 Å². The van der Waals surface area contributed by atoms with Crippen molar-refractivity contribution in [2.75, 3.05) is 0 Å². The third-order valence-electron chi connectivity index (χ3n) is 1.88. The van der Waals surface area contributed by atoms with Crippen LogP contribution in [0.3, 0.4) is 0 Å². The number of nitrogens with zero attached hydrogens (tertiary/aromatic N) is 2. The van der Waals surface area contributed by atoms with E-state index in [1.807, 2.05) is 11.7 Å². The summed E-state index contributed by atoms with van der Waals surface area (Å²) < 4.78 is 1.84. The lowest BCUT2D eigenvalue weighted by molar-refractivity contribution is 0.552. The Balaban J connectivity index is 3.05. The molecule has 1 aromatic rings. The van der Waals surface area contributed by atoms with Gasteiger partial charge in [0.1, 0.15) is 0 Å². The average Bonchev–Trinajstić information content (AvgIpc) is 2.29. The average molecular weight is 187 g/mol. The van der Waals surface area contributed by atoms with Crippen LogP contribution in [-0.2, 0) is 18.3 Å². The van der Waals surface area contributed by atoms with Gasteiger partial charge in [0, 0.05) is 12.5 Å². The highest BCUT2D eigenvalue weighted by Crippen LogP contribution is 2.21. The molecule has 2 nitrogen and oxygen atoms in total. The third kappa shape index (κ3) is 1.81. The number of hydrogen-bond acceptors (Lipinski definition) is 1. The van der Waals surface area contributed by atoms with Crippen molar-refractivity contribution in [2.45, 2.75) is 32.1 Å². The van der Waals surface area contributed by atoms with Crippen LogP contribution in [0.4, 0.5) is 0 Å². The van der Waals surface area contributed by atoms with Crippen molar-refractivity contribution in [2.24, 2.45) is 7.05 Å². The second-order valence-electron chi connectivity index (χ2n) is 4.03. The van der Waals surface area contributed by atoms with Crippen LogP contribution in [0.5, 0.6) is 0 Å². The van der Waals surface area contributed by atoms with Crippen LogP contribution < -0.4 is 0 Å². The van der Waals surface area contributed by atoms with Gasteiger partial charge in [0.05, 0.1) is 17.3 Å². The molecule has 0 aromatic carbocycles. The number of alkyl halides is 1. The standard InChI is InChI=1S/C9H15ClN2/c1-9(2,3)8-5-7(6-10)12(4)11-8/h5H,6H2,1-4H3. The molecule has 0 unspecified atom stereocenters. The summed E-state index contributed by atoms with van der Waals surface area (Å²) in [6.07, 6.45) is 0. The number of hydrogen-bond donors (Lipinski definition) is 0. The molecular weight excluding hydrogens is 172 g/mol. The molecular formula is C9H15ClN2. The minimum atomic E-state index is 0.113. The first kappa shape index (κ1) is 9.59. The summed E-state index contributed by atoms with van der Waals surface area (Å²) in [6, 6.07) is 2.06. The van der Waals surface area contributed by atoms with E-state index in [-0.39, 0.29) is 5.41 Å². The molecule has 0 aliphatic rings. The van der Waals surface area contributed by atoms with Gasteiger partial charge in [-0.05, 0) is 6.07 Å². The first-order chi connectivity index (χ1) is 5.45. The van der Waals surface area contributed by atoms with Gasteiger partial charge in [-0.25, -0.2) is 0 Å². The maximum Gasteiger partial charge on any atom is 0.0681 e. The molecule has 0 bridgehead atoms. The van der Waals surface area contributed by atoms with E-state index in [0.29, 0.717) is 5.88 Å². The molecule has 0 saturated carbocycles. The molecule has 0 aliphatic heterocycles. The minimum Gasteiger partial charge on any atom is -0.271 e. The van der Waals surface area contributed by atoms with E-state index in [1.54, 1.807) is 0 Å². The van der Waals surface area contributed by atoms with Gasteiger partial charge in [-0.3, -0.25) is 4.68 Å². The van der Waals surface area contributed by atoms with Crippen LogP contribution in [0.15, 0.2) is 6.07 Å². The predicted molar refractivity (Wildman–Crippen MR) is 51.5 cm³/mol. The van der Waals surface area contributed by atoms with E-state index < -0.39 is 0 Å². The molecule has 12 heavy (non-hydrogen) atoms. The zero-order chi connectivity index (χ0) is 9.35. The molecule has 1 rings (SSSR count). The number of halogens is 1. The van der Waals surface area contributed by atoms with Crippen LogP contribution in [0.25, 0.3) is 0 Å². The van der Waals surface area contributed by atoms with Crippen LogP contribution in [-0.4, -0.2) is 9.78 Å². The van der Waals surface area contributed by atoms with Gasteiger partial charge in [0.15, 0.2) is 0 Å². The molecule has 0 spiro atoms. The molecule has 1 aromatic heterocycles. The summed E-state index contributed by atoms with van der Waals surface area (Å²) in [5.41, 5.74) is 2.28. The van der Waals surface area contributed by atoms with Crippen LogP contribution in [0.1, 0.15) is 32.2 Å². The van der Waals surface area contributed by atoms with E-state index in [4.69, 9.17) is 11.6 Å². The fourth-order valence-corrected chi connectivity index (χ4v) is 1.25. The number of rotatable bonds is 1. The molecule has 1 heterocycles. The topological polar surface area (TPSA) is 17.8 Å². The van der Waals surface area contributed by atoms with E-state index in [0.717, 1.165) is 11.4 Å². The Hall–Kier alpha value is -0.500. The number of aromatic nitrogens is 2. The van der Waals surface area contributed by atoms with Crippen LogP contribution in [0.2, 0.25) is 0 Å². The first-order valence-electron chi connectivity index (χ1n) is 4.04. The summed E-state index contributed by atoms with van der Waals surface area (Å²) in [6.45, 7) is 6.44. The molecule has 0 radical (unpaired) electrons. The second kappa shape index (κ2) is 3.09. The zero-order valence-electron chi connectivity index (χ0n) is 8.06. The molecule has 0 N–H and O–H groups in total. The Bertz CT molecular complexity index is 271. The van der Waals surface area contributed by atoms with E-state index in [1.165, 1.54) is 0 Å². The van der Waals surface area contributed by atoms with Crippen LogP contribution >= 0.6 is 11.6 Å².